The Labute approximate surface area is 70.2 Å². The second kappa shape index (κ2) is 7.52. The summed E-state index contributed by atoms with van der Waals surface area (Å²) in [7, 11) is 0. The molecule has 1 nitrogen and oxygen atoms in total. The number of unbranched alkanes of at least 4 members (excludes halogenated alkanes) is 1. The molecule has 0 saturated heterocycles. The molecule has 0 radical (unpaired) electrons. The van der Waals surface area contributed by atoms with Gasteiger partial charge in [-0.05, 0) is 32.6 Å². The molecule has 0 N–H and O–H groups in total. The Balaban J connectivity index is 3.34. The number of hydrogen-bond acceptors (Lipinski definition) is 1. The van der Waals surface area contributed by atoms with Gasteiger partial charge in [0.15, 0.2) is 0 Å². The van der Waals surface area contributed by atoms with Gasteiger partial charge in [0.05, 0.1) is 0 Å². The third kappa shape index (κ3) is 7.31. The fourth-order valence-electron chi connectivity index (χ4n) is 0.884. The number of allylic oxidation sites excluding steroid dienone is 1. The van der Waals surface area contributed by atoms with Crippen molar-refractivity contribution in [3.8, 4) is 0 Å². The van der Waals surface area contributed by atoms with Crippen LogP contribution >= 0.6 is 0 Å². The molecular formula is C10H19N. The van der Waals surface area contributed by atoms with Crippen LogP contribution < -0.4 is 0 Å². The molecule has 0 fully saturated rings. The molecule has 1 heteroatoms. The van der Waals surface area contributed by atoms with Crippen molar-refractivity contribution in [2.75, 3.05) is 6.54 Å². The van der Waals surface area contributed by atoms with Crippen molar-refractivity contribution in [2.24, 2.45) is 4.99 Å². The largest absolute Gasteiger partial charge is 0.294 e. The zero-order valence-corrected chi connectivity index (χ0v) is 7.77. The molecule has 0 rings (SSSR count). The molecule has 0 spiro atoms. The highest BCUT2D eigenvalue weighted by atomic mass is 14.7. The first kappa shape index (κ1) is 10.4. The van der Waals surface area contributed by atoms with Gasteiger partial charge in [-0.2, -0.15) is 0 Å². The summed E-state index contributed by atoms with van der Waals surface area (Å²) in [5, 5.41) is 0. The lowest BCUT2D eigenvalue weighted by atomic mass is 10.2. The maximum Gasteiger partial charge on any atom is 0.0385 e. The molecule has 0 heterocycles. The van der Waals surface area contributed by atoms with Gasteiger partial charge in [-0.1, -0.05) is 13.0 Å². The highest BCUT2D eigenvalue weighted by molar-refractivity contribution is 5.81. The Morgan fingerprint density at radius 2 is 2.27 bits per heavy atom. The normalized spacial score (nSPS) is 11.6. The van der Waals surface area contributed by atoms with E-state index in [-0.39, 0.29) is 0 Å². The molecule has 0 atom stereocenters. The van der Waals surface area contributed by atoms with Gasteiger partial charge in [0.2, 0.25) is 0 Å². The Hall–Kier alpha value is -0.590. The standard InChI is InChI=1S/C10H19N/c1-4-6-7-8-10(3)11-9-5-2/h4H,1,5-9H2,2-3H3. The molecule has 0 aromatic heterocycles. The number of nitrogens with zero attached hydrogens (tertiary/aromatic N) is 1. The minimum absolute atomic E-state index is 0.986. The molecule has 0 amide bonds. The van der Waals surface area contributed by atoms with E-state index in [9.17, 15) is 0 Å². The molecule has 11 heavy (non-hydrogen) atoms. The van der Waals surface area contributed by atoms with Crippen LogP contribution in [-0.4, -0.2) is 12.3 Å². The van der Waals surface area contributed by atoms with Crippen LogP contribution in [0.5, 0.6) is 0 Å². The molecule has 0 aliphatic rings. The van der Waals surface area contributed by atoms with E-state index in [1.807, 2.05) is 6.08 Å². The van der Waals surface area contributed by atoms with Gasteiger partial charge >= 0.3 is 0 Å². The Bertz CT molecular complexity index is 125. The van der Waals surface area contributed by atoms with Crippen molar-refractivity contribution in [3.05, 3.63) is 12.7 Å². The average Bonchev–Trinajstić information content (AvgIpc) is 2.01. The lowest BCUT2D eigenvalue weighted by Gasteiger charge is -1.97. The van der Waals surface area contributed by atoms with E-state index >= 15 is 0 Å². The fourth-order valence-corrected chi connectivity index (χ4v) is 0.884. The van der Waals surface area contributed by atoms with Crippen molar-refractivity contribution in [3.63, 3.8) is 0 Å². The molecule has 0 unspecified atom stereocenters. The molecular weight excluding hydrogens is 134 g/mol. The maximum absolute atomic E-state index is 4.40. The number of hydrogen-bond donors (Lipinski definition) is 0. The SMILES string of the molecule is C=CCCCC(C)=NCCC. The predicted molar refractivity (Wildman–Crippen MR) is 52.3 cm³/mol. The molecule has 0 bridgehead atoms. The Kier molecular flexibility index (Phi) is 7.11. The summed E-state index contributed by atoms with van der Waals surface area (Å²) in [5.41, 5.74) is 1.29. The van der Waals surface area contributed by atoms with Crippen LogP contribution in [0, 0.1) is 0 Å². The highest BCUT2D eigenvalue weighted by Crippen LogP contribution is 1.98. The van der Waals surface area contributed by atoms with E-state index in [0.29, 0.717) is 0 Å². The van der Waals surface area contributed by atoms with Gasteiger partial charge in [0.1, 0.15) is 0 Å². The maximum atomic E-state index is 4.40. The van der Waals surface area contributed by atoms with E-state index in [1.54, 1.807) is 0 Å². The van der Waals surface area contributed by atoms with Gasteiger partial charge < -0.3 is 0 Å². The molecule has 0 aliphatic carbocycles. The second-order valence-corrected chi connectivity index (χ2v) is 2.80. The first-order valence-corrected chi connectivity index (χ1v) is 4.42. The van der Waals surface area contributed by atoms with Gasteiger partial charge in [0, 0.05) is 12.3 Å². The van der Waals surface area contributed by atoms with Crippen LogP contribution in [0.25, 0.3) is 0 Å². The van der Waals surface area contributed by atoms with E-state index in [2.05, 4.69) is 25.4 Å². The summed E-state index contributed by atoms with van der Waals surface area (Å²) in [6.07, 6.45) is 6.56. The van der Waals surface area contributed by atoms with Crippen LogP contribution in [0.3, 0.4) is 0 Å². The zero-order chi connectivity index (χ0) is 8.53. The number of rotatable bonds is 6. The van der Waals surface area contributed by atoms with Gasteiger partial charge in [-0.3, -0.25) is 4.99 Å². The van der Waals surface area contributed by atoms with Crippen molar-refractivity contribution in [1.82, 2.24) is 0 Å². The lowest BCUT2D eigenvalue weighted by Crippen LogP contribution is -1.92. The summed E-state index contributed by atoms with van der Waals surface area (Å²) in [4.78, 5) is 4.40. The monoisotopic (exact) mass is 153 g/mol. The molecule has 64 valence electrons. The predicted octanol–water partition coefficient (Wildman–Crippen LogP) is 3.21. The van der Waals surface area contributed by atoms with Crippen LogP contribution in [0.2, 0.25) is 0 Å². The van der Waals surface area contributed by atoms with Crippen LogP contribution in [-0.2, 0) is 0 Å². The van der Waals surface area contributed by atoms with E-state index in [0.717, 1.165) is 25.8 Å². The lowest BCUT2D eigenvalue weighted by molar-refractivity contribution is 0.870. The smallest absolute Gasteiger partial charge is 0.0385 e. The van der Waals surface area contributed by atoms with Crippen LogP contribution in [0.1, 0.15) is 39.5 Å². The van der Waals surface area contributed by atoms with Gasteiger partial charge in [0.25, 0.3) is 0 Å². The topological polar surface area (TPSA) is 12.4 Å². The highest BCUT2D eigenvalue weighted by Gasteiger charge is 1.89. The van der Waals surface area contributed by atoms with Crippen molar-refractivity contribution in [2.45, 2.75) is 39.5 Å². The van der Waals surface area contributed by atoms with Crippen LogP contribution in [0.15, 0.2) is 17.6 Å². The molecule has 0 saturated carbocycles. The first-order chi connectivity index (χ1) is 5.31. The van der Waals surface area contributed by atoms with E-state index in [1.165, 1.54) is 12.1 Å². The average molecular weight is 153 g/mol. The van der Waals surface area contributed by atoms with Gasteiger partial charge in [-0.25, -0.2) is 0 Å². The summed E-state index contributed by atoms with van der Waals surface area (Å²) < 4.78 is 0. The molecule has 0 aliphatic heterocycles. The third-order valence-electron chi connectivity index (χ3n) is 1.55. The van der Waals surface area contributed by atoms with E-state index in [4.69, 9.17) is 0 Å². The minimum atomic E-state index is 0.986. The number of aliphatic imine (C=N–C) groups is 1. The van der Waals surface area contributed by atoms with Crippen molar-refractivity contribution < 1.29 is 0 Å². The summed E-state index contributed by atoms with van der Waals surface area (Å²) in [6.45, 7) is 8.93. The van der Waals surface area contributed by atoms with Crippen molar-refractivity contribution >= 4 is 5.71 Å². The Morgan fingerprint density at radius 3 is 2.82 bits per heavy atom. The quantitative estimate of drug-likeness (QED) is 0.315. The second-order valence-electron chi connectivity index (χ2n) is 2.80. The summed E-state index contributed by atoms with van der Waals surface area (Å²) in [6, 6.07) is 0. The summed E-state index contributed by atoms with van der Waals surface area (Å²) >= 11 is 0. The summed E-state index contributed by atoms with van der Waals surface area (Å²) in [5.74, 6) is 0. The van der Waals surface area contributed by atoms with Crippen molar-refractivity contribution in [1.29, 1.82) is 0 Å². The van der Waals surface area contributed by atoms with Gasteiger partial charge in [-0.15, -0.1) is 6.58 Å². The van der Waals surface area contributed by atoms with E-state index < -0.39 is 0 Å². The fraction of sp³-hybridized carbons (Fsp3) is 0.700. The minimum Gasteiger partial charge on any atom is -0.294 e. The zero-order valence-electron chi connectivity index (χ0n) is 7.77. The molecule has 0 aromatic rings. The third-order valence-corrected chi connectivity index (χ3v) is 1.55. The van der Waals surface area contributed by atoms with Crippen LogP contribution in [0.4, 0.5) is 0 Å². The Morgan fingerprint density at radius 1 is 1.55 bits per heavy atom. The molecule has 0 aromatic carbocycles. The first-order valence-electron chi connectivity index (χ1n) is 4.42.